The number of thioether (sulfide) groups is 1. The van der Waals surface area contributed by atoms with Gasteiger partial charge in [0.1, 0.15) is 17.3 Å². The third-order valence-electron chi connectivity index (χ3n) is 5.33. The number of hydrogen-bond donors (Lipinski definition) is 1. The first-order chi connectivity index (χ1) is 17.2. The van der Waals surface area contributed by atoms with Crippen LogP contribution in [0.2, 0.25) is 0 Å². The Morgan fingerprint density at radius 2 is 1.86 bits per heavy atom. The van der Waals surface area contributed by atoms with Gasteiger partial charge in [-0.1, -0.05) is 30.0 Å². The average Bonchev–Trinajstić information content (AvgIpc) is 2.87. The standard InChI is InChI=1S/C25H24F4N4OS2/c1-14(2)33(3)24-16(11-30-25(31-24)35-4)9-17(12-34)18-10-20(27)23(22(29)21(18)28)32-36-13-15-7-5-6-8-19(15)26/h5-12,14,32H,13H2,1-4H3/b17-9+. The van der Waals surface area contributed by atoms with Gasteiger partial charge >= 0.3 is 0 Å². The highest BCUT2D eigenvalue weighted by molar-refractivity contribution is 7.99. The van der Waals surface area contributed by atoms with Crippen molar-refractivity contribution in [1.82, 2.24) is 9.97 Å². The molecule has 0 spiro atoms. The number of rotatable bonds is 10. The zero-order chi connectivity index (χ0) is 26.4. The fraction of sp³-hybridized carbons (Fsp3) is 0.240. The van der Waals surface area contributed by atoms with Crippen LogP contribution in [-0.4, -0.2) is 35.6 Å². The summed E-state index contributed by atoms with van der Waals surface area (Å²) in [6.07, 6.45) is 4.89. The van der Waals surface area contributed by atoms with Gasteiger partial charge in [-0.3, -0.25) is 4.79 Å². The molecule has 1 heterocycles. The van der Waals surface area contributed by atoms with E-state index in [4.69, 9.17) is 0 Å². The van der Waals surface area contributed by atoms with E-state index in [2.05, 4.69) is 14.7 Å². The van der Waals surface area contributed by atoms with Gasteiger partial charge in [0, 0.05) is 41.7 Å². The fourth-order valence-electron chi connectivity index (χ4n) is 3.14. The molecule has 0 radical (unpaired) electrons. The third-order valence-corrected chi connectivity index (χ3v) is 6.70. The van der Waals surface area contributed by atoms with Gasteiger partial charge in [0.2, 0.25) is 0 Å². The molecular formula is C25H24F4N4OS2. The molecule has 36 heavy (non-hydrogen) atoms. The van der Waals surface area contributed by atoms with E-state index in [1.54, 1.807) is 13.1 Å². The Morgan fingerprint density at radius 1 is 1.14 bits per heavy atom. The molecule has 1 N–H and O–H groups in total. The molecule has 0 aliphatic carbocycles. The van der Waals surface area contributed by atoms with E-state index in [1.807, 2.05) is 25.0 Å². The molecule has 3 rings (SSSR count). The second-order valence-corrected chi connectivity index (χ2v) is 9.50. The third kappa shape index (κ3) is 6.19. The smallest absolute Gasteiger partial charge is 0.189 e. The number of nitrogens with zero attached hydrogens (tertiary/aromatic N) is 3. The highest BCUT2D eigenvalue weighted by Crippen LogP contribution is 2.32. The van der Waals surface area contributed by atoms with Crippen LogP contribution >= 0.6 is 23.7 Å². The van der Waals surface area contributed by atoms with Gasteiger partial charge < -0.3 is 9.62 Å². The first-order valence-corrected chi connectivity index (χ1v) is 13.0. The Balaban J connectivity index is 1.95. The normalized spacial score (nSPS) is 11.6. The van der Waals surface area contributed by atoms with Gasteiger partial charge in [-0.05, 0) is 55.8 Å². The predicted octanol–water partition coefficient (Wildman–Crippen LogP) is 6.60. The summed E-state index contributed by atoms with van der Waals surface area (Å²) in [5.41, 5.74) is -0.854. The summed E-state index contributed by atoms with van der Waals surface area (Å²) >= 11 is 2.13. The molecule has 0 amide bonds. The van der Waals surface area contributed by atoms with E-state index in [-0.39, 0.29) is 17.4 Å². The lowest BCUT2D eigenvalue weighted by atomic mass is 10.0. The number of aromatic nitrogens is 2. The molecule has 0 saturated heterocycles. The first-order valence-electron chi connectivity index (χ1n) is 10.8. The number of anilines is 2. The number of carbonyl (C=O) groups excluding carboxylic acids is 1. The van der Waals surface area contributed by atoms with Crippen LogP contribution in [0.5, 0.6) is 0 Å². The van der Waals surface area contributed by atoms with Gasteiger partial charge in [0.05, 0.1) is 0 Å². The Morgan fingerprint density at radius 3 is 2.50 bits per heavy atom. The summed E-state index contributed by atoms with van der Waals surface area (Å²) in [6, 6.07) is 6.74. The summed E-state index contributed by atoms with van der Waals surface area (Å²) in [6.45, 7) is 3.88. The average molecular weight is 537 g/mol. The quantitative estimate of drug-likeness (QED) is 0.0596. The van der Waals surface area contributed by atoms with Crippen molar-refractivity contribution >= 4 is 53.2 Å². The largest absolute Gasteiger partial charge is 0.357 e. The SMILES string of the molecule is CSc1ncc(/C=C(\C=O)c2cc(F)c(NSCc3ccccc3F)c(F)c2F)c(N(C)C(C)C)n1. The molecule has 0 aliphatic heterocycles. The van der Waals surface area contributed by atoms with Crippen LogP contribution in [0.4, 0.5) is 29.1 Å². The Bertz CT molecular complexity index is 1290. The van der Waals surface area contributed by atoms with Crippen molar-refractivity contribution in [3.8, 4) is 0 Å². The number of halogens is 4. The maximum absolute atomic E-state index is 15.0. The molecule has 0 aliphatic rings. The van der Waals surface area contributed by atoms with Crippen LogP contribution in [0.15, 0.2) is 41.7 Å². The molecule has 0 atom stereocenters. The minimum Gasteiger partial charge on any atom is -0.357 e. The second-order valence-electron chi connectivity index (χ2n) is 7.95. The van der Waals surface area contributed by atoms with Crippen molar-refractivity contribution in [2.45, 2.75) is 30.8 Å². The number of hydrogen-bond acceptors (Lipinski definition) is 7. The lowest BCUT2D eigenvalue weighted by Crippen LogP contribution is -2.27. The van der Waals surface area contributed by atoms with Crippen molar-refractivity contribution in [3.05, 3.63) is 76.5 Å². The lowest BCUT2D eigenvalue weighted by Gasteiger charge is -2.24. The summed E-state index contributed by atoms with van der Waals surface area (Å²) in [4.78, 5) is 22.4. The van der Waals surface area contributed by atoms with Gasteiger partial charge in [0.25, 0.3) is 0 Å². The van der Waals surface area contributed by atoms with Crippen LogP contribution in [0.25, 0.3) is 11.6 Å². The van der Waals surface area contributed by atoms with Gasteiger partial charge in [0.15, 0.2) is 28.9 Å². The molecule has 1 aromatic heterocycles. The maximum atomic E-state index is 15.0. The van der Waals surface area contributed by atoms with Crippen molar-refractivity contribution in [2.24, 2.45) is 0 Å². The molecule has 0 saturated carbocycles. The highest BCUT2D eigenvalue weighted by Gasteiger charge is 2.22. The molecule has 11 heteroatoms. The minimum atomic E-state index is -1.49. The minimum absolute atomic E-state index is 0.0419. The maximum Gasteiger partial charge on any atom is 0.189 e. The van der Waals surface area contributed by atoms with Crippen LogP contribution in [0.1, 0.15) is 30.5 Å². The highest BCUT2D eigenvalue weighted by atomic mass is 32.2. The van der Waals surface area contributed by atoms with Crippen LogP contribution < -0.4 is 9.62 Å². The monoisotopic (exact) mass is 536 g/mol. The van der Waals surface area contributed by atoms with Crippen molar-refractivity contribution < 1.29 is 22.4 Å². The molecule has 190 valence electrons. The zero-order valence-electron chi connectivity index (χ0n) is 20.0. The van der Waals surface area contributed by atoms with Gasteiger partial charge in [-0.15, -0.1) is 0 Å². The van der Waals surface area contributed by atoms with Crippen molar-refractivity contribution in [3.63, 3.8) is 0 Å². The molecule has 0 bridgehead atoms. The molecular weight excluding hydrogens is 512 g/mol. The van der Waals surface area contributed by atoms with Crippen LogP contribution in [0, 0.1) is 23.3 Å². The molecule has 2 aromatic carbocycles. The fourth-order valence-corrected chi connectivity index (χ4v) is 4.27. The Hall–Kier alpha value is -3.05. The summed E-state index contributed by atoms with van der Waals surface area (Å²) in [5, 5.41) is 0.494. The molecule has 0 fully saturated rings. The van der Waals surface area contributed by atoms with Gasteiger partial charge in [-0.25, -0.2) is 27.5 Å². The van der Waals surface area contributed by atoms with E-state index in [0.717, 1.165) is 18.0 Å². The summed E-state index contributed by atoms with van der Waals surface area (Å²) in [7, 11) is 1.80. The predicted molar refractivity (Wildman–Crippen MR) is 139 cm³/mol. The van der Waals surface area contributed by atoms with E-state index in [1.165, 1.54) is 42.2 Å². The Labute approximate surface area is 215 Å². The molecule has 0 unspecified atom stereocenters. The van der Waals surface area contributed by atoms with E-state index in [0.29, 0.717) is 28.4 Å². The number of benzene rings is 2. The zero-order valence-corrected chi connectivity index (χ0v) is 21.6. The number of carbonyl (C=O) groups is 1. The van der Waals surface area contributed by atoms with Crippen LogP contribution in [0.3, 0.4) is 0 Å². The van der Waals surface area contributed by atoms with Crippen molar-refractivity contribution in [2.75, 3.05) is 22.9 Å². The Kier molecular flexibility index (Phi) is 9.38. The van der Waals surface area contributed by atoms with E-state index < -0.39 is 34.5 Å². The second kappa shape index (κ2) is 12.3. The van der Waals surface area contributed by atoms with Gasteiger partial charge in [-0.2, -0.15) is 0 Å². The molecule has 5 nitrogen and oxygen atoms in total. The van der Waals surface area contributed by atoms with Crippen LogP contribution in [-0.2, 0) is 10.5 Å². The summed E-state index contributed by atoms with van der Waals surface area (Å²) in [5.74, 6) is -3.94. The molecule has 3 aromatic rings. The lowest BCUT2D eigenvalue weighted by molar-refractivity contribution is -0.103. The number of allylic oxidation sites excluding steroid dienone is 1. The van der Waals surface area contributed by atoms with Crippen molar-refractivity contribution in [1.29, 1.82) is 0 Å². The number of nitrogens with one attached hydrogen (secondary N) is 1. The van der Waals surface area contributed by atoms with E-state index >= 15 is 4.39 Å². The van der Waals surface area contributed by atoms with E-state index in [9.17, 15) is 18.0 Å². The topological polar surface area (TPSA) is 58.1 Å². The first kappa shape index (κ1) is 27.5. The number of aldehydes is 1. The summed E-state index contributed by atoms with van der Waals surface area (Å²) < 4.78 is 60.8.